The molecule has 0 atom stereocenters. The minimum atomic E-state index is -0.620. The van der Waals surface area contributed by atoms with Gasteiger partial charge in [0, 0.05) is 11.6 Å². The molecule has 1 heterocycles. The van der Waals surface area contributed by atoms with Crippen molar-refractivity contribution in [3.05, 3.63) is 41.5 Å². The monoisotopic (exact) mass is 277 g/mol. The minimum Gasteiger partial charge on any atom is -0.493 e. The van der Waals surface area contributed by atoms with E-state index >= 15 is 0 Å². The molecule has 20 heavy (non-hydrogen) atoms. The van der Waals surface area contributed by atoms with Gasteiger partial charge in [0.2, 0.25) is 5.78 Å². The molecule has 0 aliphatic rings. The zero-order chi connectivity index (χ0) is 14.9. The Morgan fingerprint density at radius 2 is 2.15 bits per heavy atom. The van der Waals surface area contributed by atoms with Crippen molar-refractivity contribution in [2.24, 2.45) is 0 Å². The quantitative estimate of drug-likeness (QED) is 0.688. The molecule has 1 aromatic heterocycles. The number of rotatable bonds is 4. The Hall–Kier alpha value is -2.37. The summed E-state index contributed by atoms with van der Waals surface area (Å²) in [4.78, 5) is 12.5. The number of methoxy groups -OCH3 is 1. The number of nitrogen functional groups attached to an aromatic ring is 1. The molecule has 2 N–H and O–H groups in total. The third-order valence-corrected chi connectivity index (χ3v) is 2.95. The molecule has 5 nitrogen and oxygen atoms in total. The molecule has 6 heteroatoms. The van der Waals surface area contributed by atoms with Crippen LogP contribution in [-0.4, -0.2) is 22.7 Å². The summed E-state index contributed by atoms with van der Waals surface area (Å²) in [5, 5.41) is 4.13. The van der Waals surface area contributed by atoms with E-state index < -0.39 is 5.82 Å². The zero-order valence-corrected chi connectivity index (χ0v) is 11.6. The summed E-state index contributed by atoms with van der Waals surface area (Å²) in [6.45, 7) is 3.79. The second-order valence-electron chi connectivity index (χ2n) is 4.67. The fourth-order valence-electron chi connectivity index (χ4n) is 1.91. The molecule has 0 bridgehead atoms. The lowest BCUT2D eigenvalue weighted by atomic mass is 10.1. The van der Waals surface area contributed by atoms with Crippen LogP contribution in [0.1, 0.15) is 35.9 Å². The van der Waals surface area contributed by atoms with Crippen LogP contribution in [0.5, 0.6) is 5.75 Å². The van der Waals surface area contributed by atoms with E-state index in [-0.39, 0.29) is 23.1 Å². The van der Waals surface area contributed by atoms with E-state index in [2.05, 4.69) is 5.10 Å². The number of benzene rings is 1. The summed E-state index contributed by atoms with van der Waals surface area (Å²) in [6, 6.07) is 3.95. The highest BCUT2D eigenvalue weighted by Crippen LogP contribution is 2.25. The lowest BCUT2D eigenvalue weighted by Crippen LogP contribution is -2.14. The lowest BCUT2D eigenvalue weighted by Gasteiger charge is -2.11. The van der Waals surface area contributed by atoms with Gasteiger partial charge in [-0.25, -0.2) is 4.39 Å². The molecule has 106 valence electrons. The number of nitrogens with zero attached hydrogens (tertiary/aromatic N) is 2. The first-order valence-electron chi connectivity index (χ1n) is 6.17. The van der Waals surface area contributed by atoms with E-state index in [4.69, 9.17) is 10.5 Å². The van der Waals surface area contributed by atoms with Gasteiger partial charge in [-0.3, -0.25) is 9.48 Å². The molecule has 0 fully saturated rings. The number of hydrogen-bond donors (Lipinski definition) is 1. The number of anilines is 1. The molecule has 1 aromatic carbocycles. The predicted molar refractivity (Wildman–Crippen MR) is 73.4 cm³/mol. The Labute approximate surface area is 116 Å². The summed E-state index contributed by atoms with van der Waals surface area (Å²) in [5.74, 6) is -0.613. The van der Waals surface area contributed by atoms with Gasteiger partial charge in [0.15, 0.2) is 11.4 Å². The van der Waals surface area contributed by atoms with Crippen molar-refractivity contribution in [3.8, 4) is 5.75 Å². The molecule has 0 aliphatic carbocycles. The van der Waals surface area contributed by atoms with Crippen molar-refractivity contribution in [2.45, 2.75) is 19.9 Å². The van der Waals surface area contributed by atoms with Crippen LogP contribution in [0.2, 0.25) is 0 Å². The second kappa shape index (κ2) is 5.32. The summed E-state index contributed by atoms with van der Waals surface area (Å²) < 4.78 is 20.2. The van der Waals surface area contributed by atoms with Gasteiger partial charge >= 0.3 is 0 Å². The molecular formula is C14H16FN3O2. The van der Waals surface area contributed by atoms with Crippen molar-refractivity contribution in [1.82, 2.24) is 9.78 Å². The molecule has 0 spiro atoms. The third-order valence-electron chi connectivity index (χ3n) is 2.95. The predicted octanol–water partition coefficient (Wildman–Crippen LogP) is 2.42. The summed E-state index contributed by atoms with van der Waals surface area (Å²) in [5.41, 5.74) is 5.92. The van der Waals surface area contributed by atoms with Crippen LogP contribution < -0.4 is 10.5 Å². The topological polar surface area (TPSA) is 70.1 Å². The van der Waals surface area contributed by atoms with E-state index in [1.807, 2.05) is 13.8 Å². The normalized spacial score (nSPS) is 10.8. The maximum absolute atomic E-state index is 13.5. The molecule has 0 saturated heterocycles. The first-order chi connectivity index (χ1) is 9.45. The highest BCUT2D eigenvalue weighted by atomic mass is 19.1. The van der Waals surface area contributed by atoms with Crippen LogP contribution >= 0.6 is 0 Å². The second-order valence-corrected chi connectivity index (χ2v) is 4.67. The molecule has 0 aliphatic heterocycles. The number of hydrogen-bond acceptors (Lipinski definition) is 4. The SMILES string of the molecule is COc1cnn(C(C)C)c1C(=O)c1ccc(N)c(F)c1. The number of halogens is 1. The maximum atomic E-state index is 13.5. The molecule has 0 saturated carbocycles. The average Bonchev–Trinajstić information content (AvgIpc) is 2.85. The van der Waals surface area contributed by atoms with Crippen molar-refractivity contribution in [2.75, 3.05) is 12.8 Å². The highest BCUT2D eigenvalue weighted by Gasteiger charge is 2.22. The number of carbonyl (C=O) groups excluding carboxylic acids is 1. The smallest absolute Gasteiger partial charge is 0.214 e. The lowest BCUT2D eigenvalue weighted by molar-refractivity contribution is 0.102. The number of nitrogens with two attached hydrogens (primary N) is 1. The van der Waals surface area contributed by atoms with Crippen molar-refractivity contribution >= 4 is 11.5 Å². The largest absolute Gasteiger partial charge is 0.493 e. The van der Waals surface area contributed by atoms with Gasteiger partial charge in [-0.2, -0.15) is 5.10 Å². The Bertz CT molecular complexity index is 650. The van der Waals surface area contributed by atoms with Gasteiger partial charge in [-0.15, -0.1) is 0 Å². The summed E-state index contributed by atoms with van der Waals surface area (Å²) in [7, 11) is 1.46. The van der Waals surface area contributed by atoms with Gasteiger partial charge < -0.3 is 10.5 Å². The minimum absolute atomic E-state index is 0.00545. The van der Waals surface area contributed by atoms with Gasteiger partial charge in [-0.1, -0.05) is 0 Å². The van der Waals surface area contributed by atoms with Crippen molar-refractivity contribution in [1.29, 1.82) is 0 Å². The van der Waals surface area contributed by atoms with Gasteiger partial charge in [0.05, 0.1) is 19.0 Å². The average molecular weight is 277 g/mol. The van der Waals surface area contributed by atoms with E-state index in [1.165, 1.54) is 25.4 Å². The van der Waals surface area contributed by atoms with E-state index in [9.17, 15) is 9.18 Å². The first kappa shape index (κ1) is 14.0. The zero-order valence-electron chi connectivity index (χ0n) is 11.6. The van der Waals surface area contributed by atoms with Crippen LogP contribution in [-0.2, 0) is 0 Å². The summed E-state index contributed by atoms with van der Waals surface area (Å²) >= 11 is 0. The van der Waals surface area contributed by atoms with Crippen LogP contribution in [0.15, 0.2) is 24.4 Å². The summed E-state index contributed by atoms with van der Waals surface area (Å²) in [6.07, 6.45) is 1.47. The van der Waals surface area contributed by atoms with Gasteiger partial charge in [0.1, 0.15) is 5.82 Å². The number of aromatic nitrogens is 2. The van der Waals surface area contributed by atoms with Crippen LogP contribution in [0.25, 0.3) is 0 Å². The molecule has 0 unspecified atom stereocenters. The first-order valence-corrected chi connectivity index (χ1v) is 6.17. The van der Waals surface area contributed by atoms with E-state index in [1.54, 1.807) is 4.68 Å². The van der Waals surface area contributed by atoms with Crippen LogP contribution in [0, 0.1) is 5.82 Å². The fourth-order valence-corrected chi connectivity index (χ4v) is 1.91. The maximum Gasteiger partial charge on any atom is 0.214 e. The molecule has 0 radical (unpaired) electrons. The van der Waals surface area contributed by atoms with Crippen molar-refractivity contribution in [3.63, 3.8) is 0 Å². The fraction of sp³-hybridized carbons (Fsp3) is 0.286. The van der Waals surface area contributed by atoms with Gasteiger partial charge in [-0.05, 0) is 32.0 Å². The van der Waals surface area contributed by atoms with E-state index in [0.717, 1.165) is 6.07 Å². The van der Waals surface area contributed by atoms with Gasteiger partial charge in [0.25, 0.3) is 0 Å². The number of ketones is 1. The Morgan fingerprint density at radius 3 is 2.70 bits per heavy atom. The Kier molecular flexibility index (Phi) is 3.74. The molecule has 2 aromatic rings. The Morgan fingerprint density at radius 1 is 1.45 bits per heavy atom. The number of carbonyl (C=O) groups is 1. The van der Waals surface area contributed by atoms with E-state index in [0.29, 0.717) is 11.4 Å². The third kappa shape index (κ3) is 2.36. The molecule has 0 amide bonds. The highest BCUT2D eigenvalue weighted by molar-refractivity contribution is 6.09. The Balaban J connectivity index is 2.52. The van der Waals surface area contributed by atoms with Crippen LogP contribution in [0.4, 0.5) is 10.1 Å². The van der Waals surface area contributed by atoms with Crippen LogP contribution in [0.3, 0.4) is 0 Å². The van der Waals surface area contributed by atoms with Crippen molar-refractivity contribution < 1.29 is 13.9 Å². The molecular weight excluding hydrogens is 261 g/mol. The number of ether oxygens (including phenoxy) is 1. The molecule has 2 rings (SSSR count). The standard InChI is InChI=1S/C14H16FN3O2/c1-8(2)18-13(12(20-3)7-17-18)14(19)9-4-5-11(16)10(15)6-9/h4-8H,16H2,1-3H3.